The maximum absolute atomic E-state index is 12.0. The van der Waals surface area contributed by atoms with Gasteiger partial charge in [-0.3, -0.25) is 14.5 Å². The molecule has 1 unspecified atom stereocenters. The van der Waals surface area contributed by atoms with Crippen molar-refractivity contribution in [2.24, 2.45) is 5.73 Å². The van der Waals surface area contributed by atoms with Gasteiger partial charge in [0.25, 0.3) is 5.91 Å². The van der Waals surface area contributed by atoms with E-state index < -0.39 is 0 Å². The van der Waals surface area contributed by atoms with Gasteiger partial charge in [0, 0.05) is 25.7 Å². The average molecular weight is 310 g/mol. The van der Waals surface area contributed by atoms with Gasteiger partial charge in [-0.15, -0.1) is 12.4 Å². The zero-order chi connectivity index (χ0) is 14.3. The van der Waals surface area contributed by atoms with E-state index in [-0.39, 0.29) is 30.3 Å². The molecule has 5 nitrogen and oxygen atoms in total. The van der Waals surface area contributed by atoms with Crippen molar-refractivity contribution < 1.29 is 9.59 Å². The number of carbonyl (C=O) groups excluding carboxylic acids is 2. The fourth-order valence-corrected chi connectivity index (χ4v) is 3.16. The van der Waals surface area contributed by atoms with Crippen molar-refractivity contribution in [2.45, 2.75) is 32.0 Å². The molecule has 0 aromatic heterocycles. The van der Waals surface area contributed by atoms with E-state index in [0.29, 0.717) is 13.1 Å². The van der Waals surface area contributed by atoms with E-state index >= 15 is 0 Å². The molecule has 3 rings (SSSR count). The molecule has 2 amide bonds. The average Bonchev–Trinajstić information content (AvgIpc) is 2.97. The molecule has 0 saturated carbocycles. The predicted octanol–water partition coefficient (Wildman–Crippen LogP) is 1.14. The van der Waals surface area contributed by atoms with Gasteiger partial charge < -0.3 is 10.6 Å². The molecular formula is C15H20ClN3O2. The summed E-state index contributed by atoms with van der Waals surface area (Å²) in [5, 5.41) is 0. The summed E-state index contributed by atoms with van der Waals surface area (Å²) in [7, 11) is 1.81. The van der Waals surface area contributed by atoms with E-state index in [9.17, 15) is 9.59 Å². The minimum atomic E-state index is -0.250. The Morgan fingerprint density at radius 2 is 2.19 bits per heavy atom. The van der Waals surface area contributed by atoms with Crippen LogP contribution in [-0.4, -0.2) is 41.2 Å². The number of carbonyl (C=O) groups is 2. The van der Waals surface area contributed by atoms with Crippen molar-refractivity contribution in [1.82, 2.24) is 9.80 Å². The Labute approximate surface area is 130 Å². The Balaban J connectivity index is 0.00000161. The zero-order valence-corrected chi connectivity index (χ0v) is 12.9. The standard InChI is InChI=1S/C15H19N3O2.ClH/c1-17-9-11-5-4-10(7-12(11)15(17)20)8-18-6-2-3-13(18)14(16)19;/h4-5,7,13H,2-3,6,8-9H2,1H3,(H2,16,19);1H. The highest BCUT2D eigenvalue weighted by Crippen LogP contribution is 2.25. The number of nitrogens with zero attached hydrogens (tertiary/aromatic N) is 2. The first kappa shape index (κ1) is 15.8. The number of rotatable bonds is 3. The molecule has 1 atom stereocenters. The lowest BCUT2D eigenvalue weighted by Gasteiger charge is -2.21. The number of primary amides is 1. The van der Waals surface area contributed by atoms with Crippen molar-refractivity contribution in [2.75, 3.05) is 13.6 Å². The molecule has 0 aliphatic carbocycles. The van der Waals surface area contributed by atoms with Gasteiger partial charge >= 0.3 is 0 Å². The number of benzene rings is 1. The maximum atomic E-state index is 12.0. The van der Waals surface area contributed by atoms with Gasteiger partial charge in [-0.1, -0.05) is 12.1 Å². The lowest BCUT2D eigenvalue weighted by atomic mass is 10.1. The Morgan fingerprint density at radius 1 is 1.43 bits per heavy atom. The van der Waals surface area contributed by atoms with Crippen LogP contribution in [-0.2, 0) is 17.9 Å². The molecule has 1 aromatic carbocycles. The number of amides is 2. The normalized spacial score (nSPS) is 21.3. The van der Waals surface area contributed by atoms with Crippen LogP contribution in [0, 0.1) is 0 Å². The van der Waals surface area contributed by atoms with Gasteiger partial charge in [-0.2, -0.15) is 0 Å². The quantitative estimate of drug-likeness (QED) is 0.910. The van der Waals surface area contributed by atoms with Gasteiger partial charge in [0.1, 0.15) is 0 Å². The number of hydrogen-bond acceptors (Lipinski definition) is 3. The number of likely N-dealkylation sites (tertiary alicyclic amines) is 1. The molecule has 2 aliphatic rings. The molecule has 6 heteroatoms. The van der Waals surface area contributed by atoms with Crippen LogP contribution >= 0.6 is 12.4 Å². The number of fused-ring (bicyclic) bond motifs is 1. The smallest absolute Gasteiger partial charge is 0.254 e. The second-order valence-corrected chi connectivity index (χ2v) is 5.68. The fourth-order valence-electron chi connectivity index (χ4n) is 3.16. The summed E-state index contributed by atoms with van der Waals surface area (Å²) in [6.07, 6.45) is 1.84. The lowest BCUT2D eigenvalue weighted by Crippen LogP contribution is -2.39. The predicted molar refractivity (Wildman–Crippen MR) is 82.1 cm³/mol. The van der Waals surface area contributed by atoms with E-state index in [1.807, 2.05) is 25.2 Å². The first-order valence-electron chi connectivity index (χ1n) is 6.97. The van der Waals surface area contributed by atoms with E-state index in [1.165, 1.54) is 0 Å². The Bertz CT molecular complexity index is 576. The molecule has 114 valence electrons. The highest BCUT2D eigenvalue weighted by molar-refractivity contribution is 5.98. The van der Waals surface area contributed by atoms with Gasteiger partial charge in [-0.25, -0.2) is 0 Å². The second-order valence-electron chi connectivity index (χ2n) is 5.68. The summed E-state index contributed by atoms with van der Waals surface area (Å²) in [4.78, 5) is 27.2. The summed E-state index contributed by atoms with van der Waals surface area (Å²) in [5.41, 5.74) is 8.37. The third-order valence-electron chi connectivity index (χ3n) is 4.24. The Morgan fingerprint density at radius 3 is 2.90 bits per heavy atom. The molecular weight excluding hydrogens is 290 g/mol. The molecule has 0 spiro atoms. The molecule has 2 N–H and O–H groups in total. The van der Waals surface area contributed by atoms with Crippen LogP contribution in [0.4, 0.5) is 0 Å². The molecule has 1 aromatic rings. The first-order valence-corrected chi connectivity index (χ1v) is 6.97. The fraction of sp³-hybridized carbons (Fsp3) is 0.467. The molecule has 1 saturated heterocycles. The summed E-state index contributed by atoms with van der Waals surface area (Å²) < 4.78 is 0. The zero-order valence-electron chi connectivity index (χ0n) is 12.0. The van der Waals surface area contributed by atoms with Crippen LogP contribution < -0.4 is 5.73 Å². The minimum Gasteiger partial charge on any atom is -0.368 e. The maximum Gasteiger partial charge on any atom is 0.254 e. The summed E-state index contributed by atoms with van der Waals surface area (Å²) in [6.45, 7) is 2.25. The Hall–Kier alpha value is -1.59. The van der Waals surface area contributed by atoms with E-state index in [4.69, 9.17) is 5.73 Å². The van der Waals surface area contributed by atoms with Gasteiger partial charge in [0.15, 0.2) is 0 Å². The highest BCUT2D eigenvalue weighted by atomic mass is 35.5. The van der Waals surface area contributed by atoms with Gasteiger partial charge in [0.05, 0.1) is 6.04 Å². The van der Waals surface area contributed by atoms with Crippen molar-refractivity contribution in [3.05, 3.63) is 34.9 Å². The van der Waals surface area contributed by atoms with E-state index in [0.717, 1.165) is 36.1 Å². The molecule has 2 heterocycles. The largest absolute Gasteiger partial charge is 0.368 e. The number of hydrogen-bond donors (Lipinski definition) is 1. The van der Waals surface area contributed by atoms with Crippen molar-refractivity contribution in [3.8, 4) is 0 Å². The van der Waals surface area contributed by atoms with Gasteiger partial charge in [0.2, 0.25) is 5.91 Å². The SMILES string of the molecule is CN1Cc2ccc(CN3CCCC3C(N)=O)cc2C1=O.Cl. The summed E-state index contributed by atoms with van der Waals surface area (Å²) in [6, 6.07) is 5.85. The number of nitrogens with two attached hydrogens (primary N) is 1. The molecule has 21 heavy (non-hydrogen) atoms. The van der Waals surface area contributed by atoms with Crippen LogP contribution in [0.2, 0.25) is 0 Å². The second kappa shape index (κ2) is 6.03. The van der Waals surface area contributed by atoms with Crippen molar-refractivity contribution >= 4 is 24.2 Å². The van der Waals surface area contributed by atoms with Crippen LogP contribution in [0.3, 0.4) is 0 Å². The molecule has 1 fully saturated rings. The van der Waals surface area contributed by atoms with Crippen LogP contribution in [0.15, 0.2) is 18.2 Å². The molecule has 0 bridgehead atoms. The Kier molecular flexibility index (Phi) is 4.54. The third kappa shape index (κ3) is 2.89. The monoisotopic (exact) mass is 309 g/mol. The molecule has 0 radical (unpaired) electrons. The number of halogens is 1. The third-order valence-corrected chi connectivity index (χ3v) is 4.24. The van der Waals surface area contributed by atoms with Crippen molar-refractivity contribution in [3.63, 3.8) is 0 Å². The lowest BCUT2D eigenvalue weighted by molar-refractivity contribution is -0.122. The topological polar surface area (TPSA) is 66.6 Å². The van der Waals surface area contributed by atoms with Crippen molar-refractivity contribution in [1.29, 1.82) is 0 Å². The van der Waals surface area contributed by atoms with E-state index in [2.05, 4.69) is 4.90 Å². The van der Waals surface area contributed by atoms with Crippen LogP contribution in [0.5, 0.6) is 0 Å². The minimum absolute atomic E-state index is 0. The van der Waals surface area contributed by atoms with E-state index in [1.54, 1.807) is 4.90 Å². The summed E-state index contributed by atoms with van der Waals surface area (Å²) in [5.74, 6) is -0.172. The first-order chi connectivity index (χ1) is 9.56. The van der Waals surface area contributed by atoms with Gasteiger partial charge in [-0.05, 0) is 36.6 Å². The van der Waals surface area contributed by atoms with Crippen LogP contribution in [0.25, 0.3) is 0 Å². The highest BCUT2D eigenvalue weighted by Gasteiger charge is 2.30. The van der Waals surface area contributed by atoms with Crippen LogP contribution in [0.1, 0.15) is 34.3 Å². The summed E-state index contributed by atoms with van der Waals surface area (Å²) >= 11 is 0. The molecule has 2 aliphatic heterocycles.